The Kier molecular flexibility index (Phi) is 6.16. The number of aliphatic hydroxyl groups is 1. The third kappa shape index (κ3) is 4.00. The molecular weight excluding hydrogens is 226 g/mol. The number of aryl methyl sites for hydroxylation is 1. The Morgan fingerprint density at radius 2 is 2.06 bits per heavy atom. The fourth-order valence-corrected chi connectivity index (χ4v) is 1.94. The molecule has 0 aliphatic heterocycles. The molecule has 102 valence electrons. The molecule has 0 saturated heterocycles. The van der Waals surface area contributed by atoms with Crippen LogP contribution in [0.2, 0.25) is 0 Å². The van der Waals surface area contributed by atoms with E-state index >= 15 is 0 Å². The third-order valence-corrected chi connectivity index (χ3v) is 2.97. The number of rotatable bonds is 7. The van der Waals surface area contributed by atoms with Crippen molar-refractivity contribution in [1.29, 1.82) is 0 Å². The zero-order valence-corrected chi connectivity index (χ0v) is 11.9. The fourth-order valence-electron chi connectivity index (χ4n) is 1.94. The molecular formula is C15H25NO2. The van der Waals surface area contributed by atoms with Gasteiger partial charge in [0.1, 0.15) is 5.75 Å². The van der Waals surface area contributed by atoms with Gasteiger partial charge in [0.05, 0.1) is 12.7 Å². The molecule has 0 saturated carbocycles. The number of aliphatic hydroxyl groups excluding tert-OH is 1. The average molecular weight is 251 g/mol. The summed E-state index contributed by atoms with van der Waals surface area (Å²) in [4.78, 5) is 0. The summed E-state index contributed by atoms with van der Waals surface area (Å²) in [5.74, 6) is 0.778. The summed E-state index contributed by atoms with van der Waals surface area (Å²) in [7, 11) is 0. The van der Waals surface area contributed by atoms with Crippen LogP contribution in [-0.4, -0.2) is 24.3 Å². The van der Waals surface area contributed by atoms with Gasteiger partial charge >= 0.3 is 0 Å². The van der Waals surface area contributed by atoms with Crippen molar-refractivity contribution in [3.8, 4) is 5.75 Å². The second-order valence-corrected chi connectivity index (χ2v) is 4.66. The van der Waals surface area contributed by atoms with Gasteiger partial charge in [0, 0.05) is 11.6 Å². The molecule has 3 nitrogen and oxygen atoms in total. The lowest BCUT2D eigenvalue weighted by Crippen LogP contribution is -2.32. The molecule has 1 rings (SSSR count). The summed E-state index contributed by atoms with van der Waals surface area (Å²) in [6.07, 6.45) is 0.515. The lowest BCUT2D eigenvalue weighted by molar-refractivity contribution is 0.132. The highest BCUT2D eigenvalue weighted by molar-refractivity contribution is 5.39. The third-order valence-electron chi connectivity index (χ3n) is 2.97. The van der Waals surface area contributed by atoms with E-state index in [0.717, 1.165) is 29.8 Å². The normalized spacial score (nSPS) is 14.3. The molecule has 2 N–H and O–H groups in total. The Hall–Kier alpha value is -1.06. The monoisotopic (exact) mass is 251 g/mol. The quantitative estimate of drug-likeness (QED) is 0.783. The summed E-state index contributed by atoms with van der Waals surface area (Å²) >= 11 is 0. The van der Waals surface area contributed by atoms with Gasteiger partial charge in [-0.2, -0.15) is 0 Å². The van der Waals surface area contributed by atoms with Crippen LogP contribution in [0.25, 0.3) is 0 Å². The maximum Gasteiger partial charge on any atom is 0.125 e. The van der Waals surface area contributed by atoms with E-state index in [9.17, 15) is 5.11 Å². The van der Waals surface area contributed by atoms with E-state index in [4.69, 9.17) is 4.74 Å². The molecule has 0 aromatic heterocycles. The minimum Gasteiger partial charge on any atom is -0.493 e. The van der Waals surface area contributed by atoms with Gasteiger partial charge in [-0.3, -0.25) is 0 Å². The summed E-state index contributed by atoms with van der Waals surface area (Å²) in [5, 5.41) is 13.7. The van der Waals surface area contributed by atoms with Crippen LogP contribution in [0.15, 0.2) is 18.2 Å². The zero-order valence-electron chi connectivity index (χ0n) is 11.9. The van der Waals surface area contributed by atoms with Crippen molar-refractivity contribution in [2.45, 2.75) is 46.3 Å². The van der Waals surface area contributed by atoms with Gasteiger partial charge < -0.3 is 15.2 Å². The lowest BCUT2D eigenvalue weighted by Gasteiger charge is -2.23. The molecule has 1 aromatic carbocycles. The topological polar surface area (TPSA) is 41.5 Å². The van der Waals surface area contributed by atoms with Gasteiger partial charge in [0.25, 0.3) is 0 Å². The zero-order chi connectivity index (χ0) is 13.5. The number of hydrogen-bond acceptors (Lipinski definition) is 3. The standard InChI is InChI=1S/C15H25NO2/c1-5-9-16-12(4)15(17)13-10-11(3)7-8-14(13)18-6-2/h7-8,10,12,15-17H,5-6,9H2,1-4H3. The molecule has 0 radical (unpaired) electrons. The minimum atomic E-state index is -0.544. The number of benzene rings is 1. The Morgan fingerprint density at radius 3 is 2.67 bits per heavy atom. The van der Waals surface area contributed by atoms with Crippen LogP contribution < -0.4 is 10.1 Å². The molecule has 0 spiro atoms. The van der Waals surface area contributed by atoms with Crippen LogP contribution in [-0.2, 0) is 0 Å². The first-order valence-corrected chi connectivity index (χ1v) is 6.74. The number of ether oxygens (including phenoxy) is 1. The summed E-state index contributed by atoms with van der Waals surface area (Å²) in [6.45, 7) is 9.61. The van der Waals surface area contributed by atoms with E-state index in [0.29, 0.717) is 6.61 Å². The molecule has 0 aliphatic rings. The van der Waals surface area contributed by atoms with Gasteiger partial charge in [-0.05, 0) is 45.9 Å². The highest BCUT2D eigenvalue weighted by atomic mass is 16.5. The summed E-state index contributed by atoms with van der Waals surface area (Å²) in [6, 6.07) is 5.96. The first-order valence-electron chi connectivity index (χ1n) is 6.74. The van der Waals surface area contributed by atoms with Crippen LogP contribution >= 0.6 is 0 Å². The smallest absolute Gasteiger partial charge is 0.125 e. The second-order valence-electron chi connectivity index (χ2n) is 4.66. The Morgan fingerprint density at radius 1 is 1.33 bits per heavy atom. The van der Waals surface area contributed by atoms with Crippen molar-refractivity contribution in [3.63, 3.8) is 0 Å². The van der Waals surface area contributed by atoms with Crippen LogP contribution in [0.5, 0.6) is 5.75 Å². The SMILES string of the molecule is CCCNC(C)C(O)c1cc(C)ccc1OCC. The van der Waals surface area contributed by atoms with E-state index in [-0.39, 0.29) is 6.04 Å². The minimum absolute atomic E-state index is 0.0194. The first-order chi connectivity index (χ1) is 8.60. The van der Waals surface area contributed by atoms with E-state index in [2.05, 4.69) is 12.2 Å². The fraction of sp³-hybridized carbons (Fsp3) is 0.600. The van der Waals surface area contributed by atoms with E-state index < -0.39 is 6.10 Å². The van der Waals surface area contributed by atoms with Gasteiger partial charge in [0.15, 0.2) is 0 Å². The molecule has 0 heterocycles. The molecule has 18 heavy (non-hydrogen) atoms. The molecule has 0 amide bonds. The Balaban J connectivity index is 2.87. The van der Waals surface area contributed by atoms with E-state index in [1.165, 1.54) is 0 Å². The predicted molar refractivity (Wildman–Crippen MR) is 75.1 cm³/mol. The Bertz CT molecular complexity index is 366. The van der Waals surface area contributed by atoms with Crippen LogP contribution in [0.3, 0.4) is 0 Å². The van der Waals surface area contributed by atoms with Gasteiger partial charge in [-0.15, -0.1) is 0 Å². The Labute approximate surface area is 110 Å². The molecule has 0 aliphatic carbocycles. The van der Waals surface area contributed by atoms with Crippen molar-refractivity contribution in [2.75, 3.05) is 13.2 Å². The van der Waals surface area contributed by atoms with E-state index in [1.807, 2.05) is 39.0 Å². The van der Waals surface area contributed by atoms with E-state index in [1.54, 1.807) is 0 Å². The van der Waals surface area contributed by atoms with Crippen molar-refractivity contribution < 1.29 is 9.84 Å². The molecule has 3 heteroatoms. The summed E-state index contributed by atoms with van der Waals surface area (Å²) in [5.41, 5.74) is 2.00. The molecule has 2 unspecified atom stereocenters. The largest absolute Gasteiger partial charge is 0.493 e. The maximum absolute atomic E-state index is 10.4. The number of nitrogens with one attached hydrogen (secondary N) is 1. The van der Waals surface area contributed by atoms with Gasteiger partial charge in [-0.25, -0.2) is 0 Å². The highest BCUT2D eigenvalue weighted by Gasteiger charge is 2.19. The van der Waals surface area contributed by atoms with Crippen molar-refractivity contribution in [2.24, 2.45) is 0 Å². The number of hydrogen-bond donors (Lipinski definition) is 2. The second kappa shape index (κ2) is 7.39. The van der Waals surface area contributed by atoms with Crippen molar-refractivity contribution in [1.82, 2.24) is 5.32 Å². The lowest BCUT2D eigenvalue weighted by atomic mass is 10.00. The summed E-state index contributed by atoms with van der Waals surface area (Å²) < 4.78 is 5.58. The molecule has 2 atom stereocenters. The van der Waals surface area contributed by atoms with Gasteiger partial charge in [-0.1, -0.05) is 18.6 Å². The van der Waals surface area contributed by atoms with Crippen LogP contribution in [0.4, 0.5) is 0 Å². The van der Waals surface area contributed by atoms with Crippen LogP contribution in [0.1, 0.15) is 44.4 Å². The molecule has 1 aromatic rings. The molecule has 0 bridgehead atoms. The first kappa shape index (κ1) is 15.0. The maximum atomic E-state index is 10.4. The van der Waals surface area contributed by atoms with Crippen molar-refractivity contribution in [3.05, 3.63) is 29.3 Å². The van der Waals surface area contributed by atoms with Crippen molar-refractivity contribution >= 4 is 0 Å². The predicted octanol–water partition coefficient (Wildman–Crippen LogP) is 2.82. The van der Waals surface area contributed by atoms with Crippen LogP contribution in [0, 0.1) is 6.92 Å². The average Bonchev–Trinajstić information content (AvgIpc) is 2.37. The molecule has 0 fully saturated rings. The highest BCUT2D eigenvalue weighted by Crippen LogP contribution is 2.28. The van der Waals surface area contributed by atoms with Gasteiger partial charge in [0.2, 0.25) is 0 Å².